The highest BCUT2D eigenvalue weighted by molar-refractivity contribution is 5.94. The maximum atomic E-state index is 13.0. The molecule has 0 spiro atoms. The van der Waals surface area contributed by atoms with Gasteiger partial charge in [0, 0.05) is 24.4 Å². The molecule has 1 amide bonds. The van der Waals surface area contributed by atoms with Crippen molar-refractivity contribution in [2.45, 2.75) is 31.4 Å². The summed E-state index contributed by atoms with van der Waals surface area (Å²) in [5, 5.41) is 22.3. The zero-order valence-electron chi connectivity index (χ0n) is 17.0. The first-order valence-electron chi connectivity index (χ1n) is 10.0. The van der Waals surface area contributed by atoms with Crippen molar-refractivity contribution in [2.75, 3.05) is 6.54 Å². The number of carbonyl (C=O) groups is 2. The van der Waals surface area contributed by atoms with Crippen molar-refractivity contribution in [1.82, 2.24) is 5.32 Å². The zero-order valence-corrected chi connectivity index (χ0v) is 17.0. The fraction of sp³-hybridized carbons (Fsp3) is 0.250. The summed E-state index contributed by atoms with van der Waals surface area (Å²) >= 11 is 0. The second kappa shape index (κ2) is 9.72. The smallest absolute Gasteiger partial charge is 0.389 e. The molecule has 0 saturated heterocycles. The van der Waals surface area contributed by atoms with E-state index in [0.717, 1.165) is 10.8 Å². The van der Waals surface area contributed by atoms with Crippen LogP contribution in [-0.4, -0.2) is 34.8 Å². The van der Waals surface area contributed by atoms with Crippen molar-refractivity contribution in [3.8, 4) is 5.75 Å². The van der Waals surface area contributed by atoms with Gasteiger partial charge in [-0.15, -0.1) is 0 Å². The second-order valence-electron chi connectivity index (χ2n) is 7.52. The minimum Gasteiger partial charge on any atom is -0.508 e. The molecule has 5 nitrogen and oxygen atoms in total. The molecule has 3 rings (SSSR count). The predicted molar refractivity (Wildman–Crippen MR) is 114 cm³/mol. The molecule has 3 N–H and O–H groups in total. The summed E-state index contributed by atoms with van der Waals surface area (Å²) in [6, 6.07) is 16.4. The highest BCUT2D eigenvalue weighted by atomic mass is 19.4. The van der Waals surface area contributed by atoms with Crippen molar-refractivity contribution < 1.29 is 33.0 Å². The van der Waals surface area contributed by atoms with Gasteiger partial charge in [-0.05, 0) is 52.6 Å². The van der Waals surface area contributed by atoms with Crippen LogP contribution in [0.4, 0.5) is 13.2 Å². The van der Waals surface area contributed by atoms with E-state index in [-0.39, 0.29) is 25.1 Å². The Morgan fingerprint density at radius 3 is 2.19 bits per heavy atom. The van der Waals surface area contributed by atoms with Gasteiger partial charge in [-0.2, -0.15) is 13.2 Å². The lowest BCUT2D eigenvalue weighted by atomic mass is 9.86. The number of phenols is 1. The number of rotatable bonds is 8. The van der Waals surface area contributed by atoms with Gasteiger partial charge < -0.3 is 15.5 Å². The number of nitrogens with one attached hydrogen (secondary N) is 1. The first-order chi connectivity index (χ1) is 15.1. The van der Waals surface area contributed by atoms with Gasteiger partial charge in [-0.1, -0.05) is 36.4 Å². The van der Waals surface area contributed by atoms with Crippen LogP contribution in [0.2, 0.25) is 0 Å². The van der Waals surface area contributed by atoms with E-state index in [9.17, 15) is 27.9 Å². The van der Waals surface area contributed by atoms with Crippen molar-refractivity contribution >= 4 is 22.6 Å². The molecule has 0 radical (unpaired) electrons. The topological polar surface area (TPSA) is 86.6 Å². The van der Waals surface area contributed by atoms with Crippen molar-refractivity contribution in [2.24, 2.45) is 0 Å². The van der Waals surface area contributed by atoms with E-state index in [1.165, 1.54) is 18.2 Å². The number of amides is 1. The molecular weight excluding hydrogens is 423 g/mol. The van der Waals surface area contributed by atoms with Crippen LogP contribution in [0.25, 0.3) is 10.8 Å². The number of fused-ring (bicyclic) bond motifs is 1. The molecule has 3 aromatic rings. The molecule has 0 bridgehead atoms. The van der Waals surface area contributed by atoms with E-state index in [1.54, 1.807) is 36.4 Å². The quantitative estimate of drug-likeness (QED) is 0.444. The Morgan fingerprint density at radius 1 is 0.906 bits per heavy atom. The molecule has 0 aliphatic rings. The van der Waals surface area contributed by atoms with Crippen LogP contribution < -0.4 is 5.32 Å². The van der Waals surface area contributed by atoms with Crippen molar-refractivity contribution in [3.05, 3.63) is 77.4 Å². The normalized spacial score (nSPS) is 12.5. The van der Waals surface area contributed by atoms with Gasteiger partial charge in [-0.25, -0.2) is 0 Å². The van der Waals surface area contributed by atoms with Gasteiger partial charge in [-0.3, -0.25) is 9.59 Å². The molecule has 0 aliphatic heterocycles. The number of aliphatic carboxylic acids is 1. The standard InChI is InChI=1S/C24H22F3NO4/c25-24(26,27)11-9-21(19-6-5-18-14-20(29)8-7-17(18)13-19)15-1-3-16(4-2-15)23(32)28-12-10-22(30)31/h1-8,13-14,21,29H,9-12H2,(H,28,32)(H,30,31)/t21-/m0/s1. The van der Waals surface area contributed by atoms with Crippen LogP contribution >= 0.6 is 0 Å². The van der Waals surface area contributed by atoms with Crippen LogP contribution in [0.1, 0.15) is 46.7 Å². The minimum absolute atomic E-state index is 0.0171. The number of phenolic OH excluding ortho intramolecular Hbond substituents is 1. The maximum Gasteiger partial charge on any atom is 0.389 e. The Morgan fingerprint density at radius 2 is 1.53 bits per heavy atom. The lowest BCUT2D eigenvalue weighted by Crippen LogP contribution is -2.25. The zero-order chi connectivity index (χ0) is 23.3. The van der Waals surface area contributed by atoms with Gasteiger partial charge in [0.1, 0.15) is 5.75 Å². The van der Waals surface area contributed by atoms with E-state index < -0.39 is 30.4 Å². The predicted octanol–water partition coefficient (Wildman–Crippen LogP) is 5.22. The molecule has 8 heteroatoms. The molecule has 0 fully saturated rings. The third-order valence-electron chi connectivity index (χ3n) is 5.17. The van der Waals surface area contributed by atoms with Crippen molar-refractivity contribution in [3.63, 3.8) is 0 Å². The van der Waals surface area contributed by atoms with Crippen LogP contribution in [0.3, 0.4) is 0 Å². The van der Waals surface area contributed by atoms with E-state index in [0.29, 0.717) is 16.7 Å². The number of alkyl halides is 3. The number of aromatic hydroxyl groups is 1. The van der Waals surface area contributed by atoms with E-state index in [4.69, 9.17) is 5.11 Å². The summed E-state index contributed by atoms with van der Waals surface area (Å²) in [5.74, 6) is -1.91. The summed E-state index contributed by atoms with van der Waals surface area (Å²) in [4.78, 5) is 22.7. The van der Waals surface area contributed by atoms with Crippen LogP contribution in [0.15, 0.2) is 60.7 Å². The molecule has 0 aromatic heterocycles. The third-order valence-corrected chi connectivity index (χ3v) is 5.17. The highest BCUT2D eigenvalue weighted by Crippen LogP contribution is 2.35. The maximum absolute atomic E-state index is 13.0. The number of halogens is 3. The molecule has 0 aliphatic carbocycles. The fourth-order valence-electron chi connectivity index (χ4n) is 3.55. The number of carboxylic acids is 1. The first-order valence-corrected chi connectivity index (χ1v) is 10.0. The third kappa shape index (κ3) is 6.23. The SMILES string of the molecule is O=C(O)CCNC(=O)c1ccc([C@H](CCC(F)(F)F)c2ccc3cc(O)ccc3c2)cc1. The molecule has 3 aromatic carbocycles. The fourth-order valence-corrected chi connectivity index (χ4v) is 3.55. The van der Waals surface area contributed by atoms with E-state index >= 15 is 0 Å². The van der Waals surface area contributed by atoms with Gasteiger partial charge in [0.25, 0.3) is 5.91 Å². The average molecular weight is 445 g/mol. The van der Waals surface area contributed by atoms with Crippen LogP contribution in [0.5, 0.6) is 5.75 Å². The summed E-state index contributed by atoms with van der Waals surface area (Å²) in [6.07, 6.45) is -5.62. The Balaban J connectivity index is 1.86. The Bertz CT molecular complexity index is 1110. The largest absolute Gasteiger partial charge is 0.508 e. The molecule has 0 unspecified atom stereocenters. The number of hydrogen-bond acceptors (Lipinski definition) is 3. The number of hydrogen-bond donors (Lipinski definition) is 3. The molecule has 0 heterocycles. The number of benzene rings is 3. The summed E-state index contributed by atoms with van der Waals surface area (Å²) < 4.78 is 38.9. The van der Waals surface area contributed by atoms with Gasteiger partial charge in [0.15, 0.2) is 0 Å². The highest BCUT2D eigenvalue weighted by Gasteiger charge is 2.29. The second-order valence-corrected chi connectivity index (χ2v) is 7.52. The number of carboxylic acid groups (broad SMARTS) is 1. The van der Waals surface area contributed by atoms with Crippen LogP contribution in [-0.2, 0) is 4.79 Å². The Hall–Kier alpha value is -3.55. The molecule has 168 valence electrons. The summed E-state index contributed by atoms with van der Waals surface area (Å²) in [6.45, 7) is -0.0171. The monoisotopic (exact) mass is 445 g/mol. The van der Waals surface area contributed by atoms with Crippen LogP contribution in [0, 0.1) is 0 Å². The Labute approximate surface area is 182 Å². The lowest BCUT2D eigenvalue weighted by Gasteiger charge is -2.20. The summed E-state index contributed by atoms with van der Waals surface area (Å²) in [7, 11) is 0. The minimum atomic E-state index is -4.30. The van der Waals surface area contributed by atoms with Crippen molar-refractivity contribution in [1.29, 1.82) is 0 Å². The lowest BCUT2D eigenvalue weighted by molar-refractivity contribution is -0.137. The van der Waals surface area contributed by atoms with E-state index in [1.807, 2.05) is 6.07 Å². The summed E-state index contributed by atoms with van der Waals surface area (Å²) in [5.41, 5.74) is 1.63. The van der Waals surface area contributed by atoms with Gasteiger partial charge >= 0.3 is 12.1 Å². The molecule has 32 heavy (non-hydrogen) atoms. The average Bonchev–Trinajstić information content (AvgIpc) is 2.73. The van der Waals surface area contributed by atoms with Gasteiger partial charge in [0.2, 0.25) is 0 Å². The van der Waals surface area contributed by atoms with Gasteiger partial charge in [0.05, 0.1) is 6.42 Å². The molecule has 0 saturated carbocycles. The number of carbonyl (C=O) groups excluding carboxylic acids is 1. The molecule has 1 atom stereocenters. The first kappa shape index (κ1) is 23.1. The van der Waals surface area contributed by atoms with E-state index in [2.05, 4.69) is 5.32 Å². The Kier molecular flexibility index (Phi) is 7.02. The molecular formula is C24H22F3NO4.